The fourth-order valence-electron chi connectivity index (χ4n) is 2.22. The van der Waals surface area contributed by atoms with Crippen molar-refractivity contribution in [1.82, 2.24) is 15.3 Å². The first-order chi connectivity index (χ1) is 10.2. The SMILES string of the molecule is CCCNC(Cc1cccc(F)c1)c1nccnc1OC. The fourth-order valence-corrected chi connectivity index (χ4v) is 2.22. The summed E-state index contributed by atoms with van der Waals surface area (Å²) in [5, 5.41) is 3.42. The Bertz CT molecular complexity index is 577. The second-order valence-corrected chi connectivity index (χ2v) is 4.79. The van der Waals surface area contributed by atoms with Crippen molar-refractivity contribution in [3.8, 4) is 5.88 Å². The number of halogens is 1. The van der Waals surface area contributed by atoms with E-state index < -0.39 is 0 Å². The van der Waals surface area contributed by atoms with Gasteiger partial charge in [-0.15, -0.1) is 0 Å². The summed E-state index contributed by atoms with van der Waals surface area (Å²) in [5.74, 6) is 0.273. The number of benzene rings is 1. The molecule has 1 atom stereocenters. The van der Waals surface area contributed by atoms with Gasteiger partial charge in [-0.05, 0) is 37.1 Å². The van der Waals surface area contributed by atoms with Crippen molar-refractivity contribution in [1.29, 1.82) is 0 Å². The molecule has 1 heterocycles. The van der Waals surface area contributed by atoms with Crippen molar-refractivity contribution in [2.24, 2.45) is 0 Å². The molecule has 112 valence electrons. The summed E-state index contributed by atoms with van der Waals surface area (Å²) < 4.78 is 18.6. The molecule has 5 heteroatoms. The maximum absolute atomic E-state index is 13.3. The van der Waals surface area contributed by atoms with Gasteiger partial charge in [0, 0.05) is 12.4 Å². The maximum atomic E-state index is 13.3. The van der Waals surface area contributed by atoms with Crippen molar-refractivity contribution in [3.05, 3.63) is 53.7 Å². The molecule has 4 nitrogen and oxygen atoms in total. The number of ether oxygens (including phenoxy) is 1. The van der Waals surface area contributed by atoms with Crippen LogP contribution in [0.15, 0.2) is 36.7 Å². The highest BCUT2D eigenvalue weighted by molar-refractivity contribution is 5.25. The predicted molar refractivity (Wildman–Crippen MR) is 79.7 cm³/mol. The summed E-state index contributed by atoms with van der Waals surface area (Å²) in [4.78, 5) is 8.56. The summed E-state index contributed by atoms with van der Waals surface area (Å²) in [7, 11) is 1.58. The summed E-state index contributed by atoms with van der Waals surface area (Å²) >= 11 is 0. The highest BCUT2D eigenvalue weighted by Gasteiger charge is 2.18. The van der Waals surface area contributed by atoms with E-state index in [2.05, 4.69) is 22.2 Å². The second kappa shape index (κ2) is 7.69. The van der Waals surface area contributed by atoms with Crippen molar-refractivity contribution in [3.63, 3.8) is 0 Å². The molecule has 0 spiro atoms. The molecule has 1 unspecified atom stereocenters. The third kappa shape index (κ3) is 4.23. The van der Waals surface area contributed by atoms with Crippen LogP contribution in [-0.2, 0) is 6.42 Å². The summed E-state index contributed by atoms with van der Waals surface area (Å²) in [6.45, 7) is 2.94. The first-order valence-electron chi connectivity index (χ1n) is 7.07. The van der Waals surface area contributed by atoms with E-state index in [1.54, 1.807) is 31.6 Å². The van der Waals surface area contributed by atoms with Crippen LogP contribution in [0.4, 0.5) is 4.39 Å². The minimum atomic E-state index is -0.229. The van der Waals surface area contributed by atoms with Gasteiger partial charge in [0.2, 0.25) is 5.88 Å². The van der Waals surface area contributed by atoms with E-state index in [1.165, 1.54) is 6.07 Å². The average Bonchev–Trinajstić information content (AvgIpc) is 2.51. The molecule has 21 heavy (non-hydrogen) atoms. The molecule has 0 aliphatic rings. The van der Waals surface area contributed by atoms with Crippen LogP contribution < -0.4 is 10.1 Å². The van der Waals surface area contributed by atoms with Crippen molar-refractivity contribution in [2.45, 2.75) is 25.8 Å². The zero-order valence-corrected chi connectivity index (χ0v) is 12.3. The highest BCUT2D eigenvalue weighted by Crippen LogP contribution is 2.23. The molecule has 0 fully saturated rings. The third-order valence-corrected chi connectivity index (χ3v) is 3.18. The molecule has 0 radical (unpaired) electrons. The molecule has 1 N–H and O–H groups in total. The number of methoxy groups -OCH3 is 1. The van der Waals surface area contributed by atoms with E-state index >= 15 is 0 Å². The lowest BCUT2D eigenvalue weighted by Crippen LogP contribution is -2.25. The van der Waals surface area contributed by atoms with Crippen LogP contribution in [0.2, 0.25) is 0 Å². The number of hydrogen-bond acceptors (Lipinski definition) is 4. The van der Waals surface area contributed by atoms with E-state index in [9.17, 15) is 4.39 Å². The van der Waals surface area contributed by atoms with Crippen molar-refractivity contribution in [2.75, 3.05) is 13.7 Å². The second-order valence-electron chi connectivity index (χ2n) is 4.79. The van der Waals surface area contributed by atoms with Gasteiger partial charge in [0.05, 0.1) is 13.2 Å². The minimum Gasteiger partial charge on any atom is -0.480 e. The van der Waals surface area contributed by atoms with Crippen LogP contribution >= 0.6 is 0 Å². The zero-order valence-electron chi connectivity index (χ0n) is 12.3. The summed E-state index contributed by atoms with van der Waals surface area (Å²) in [6, 6.07) is 6.56. The van der Waals surface area contributed by atoms with Gasteiger partial charge in [0.15, 0.2) is 0 Å². The molecule has 0 saturated carbocycles. The maximum Gasteiger partial charge on any atom is 0.237 e. The zero-order chi connectivity index (χ0) is 15.1. The van der Waals surface area contributed by atoms with Gasteiger partial charge in [-0.2, -0.15) is 0 Å². The molecule has 1 aromatic heterocycles. The van der Waals surface area contributed by atoms with Crippen LogP contribution in [0.5, 0.6) is 5.88 Å². The van der Waals surface area contributed by atoms with Gasteiger partial charge in [0.1, 0.15) is 11.5 Å². The van der Waals surface area contributed by atoms with Gasteiger partial charge in [0.25, 0.3) is 0 Å². The Hall–Kier alpha value is -2.01. The van der Waals surface area contributed by atoms with Crippen LogP contribution in [0.3, 0.4) is 0 Å². The Morgan fingerprint density at radius 2 is 2.10 bits per heavy atom. The van der Waals surface area contributed by atoms with Gasteiger partial charge in [-0.25, -0.2) is 9.37 Å². The van der Waals surface area contributed by atoms with Crippen LogP contribution in [-0.4, -0.2) is 23.6 Å². The van der Waals surface area contributed by atoms with E-state index in [1.807, 2.05) is 6.07 Å². The molecule has 0 aliphatic heterocycles. The number of aromatic nitrogens is 2. The van der Waals surface area contributed by atoms with Gasteiger partial charge in [-0.3, -0.25) is 4.98 Å². The average molecular weight is 289 g/mol. The lowest BCUT2D eigenvalue weighted by molar-refractivity contribution is 0.376. The van der Waals surface area contributed by atoms with Gasteiger partial charge in [-0.1, -0.05) is 19.1 Å². The highest BCUT2D eigenvalue weighted by atomic mass is 19.1. The normalized spacial score (nSPS) is 12.1. The van der Waals surface area contributed by atoms with E-state index in [0.717, 1.165) is 24.2 Å². The lowest BCUT2D eigenvalue weighted by Gasteiger charge is -2.19. The first-order valence-corrected chi connectivity index (χ1v) is 7.07. The van der Waals surface area contributed by atoms with Crippen LogP contribution in [0, 0.1) is 5.82 Å². The molecular weight excluding hydrogens is 269 g/mol. The molecule has 0 amide bonds. The Morgan fingerprint density at radius 1 is 1.29 bits per heavy atom. The minimum absolute atomic E-state index is 0.0598. The predicted octanol–water partition coefficient (Wildman–Crippen LogP) is 2.91. The number of rotatable bonds is 7. The number of nitrogens with zero attached hydrogens (tertiary/aromatic N) is 2. The van der Waals surface area contributed by atoms with Crippen molar-refractivity contribution < 1.29 is 9.13 Å². The fraction of sp³-hybridized carbons (Fsp3) is 0.375. The van der Waals surface area contributed by atoms with Crippen LogP contribution in [0.1, 0.15) is 30.6 Å². The van der Waals surface area contributed by atoms with E-state index in [-0.39, 0.29) is 11.9 Å². The monoisotopic (exact) mass is 289 g/mol. The number of hydrogen-bond donors (Lipinski definition) is 1. The molecule has 0 saturated heterocycles. The Balaban J connectivity index is 2.25. The van der Waals surface area contributed by atoms with Gasteiger partial charge < -0.3 is 10.1 Å². The van der Waals surface area contributed by atoms with E-state index in [4.69, 9.17) is 4.74 Å². The molecule has 2 rings (SSSR count). The standard InChI is InChI=1S/C16H20FN3O/c1-3-7-18-14(11-12-5-4-6-13(17)10-12)15-16(21-2)20-9-8-19-15/h4-6,8-10,14,18H,3,7,11H2,1-2H3. The summed E-state index contributed by atoms with van der Waals surface area (Å²) in [5.41, 5.74) is 1.66. The smallest absolute Gasteiger partial charge is 0.237 e. The molecule has 0 aliphatic carbocycles. The summed E-state index contributed by atoms with van der Waals surface area (Å²) in [6.07, 6.45) is 4.88. The third-order valence-electron chi connectivity index (χ3n) is 3.18. The quantitative estimate of drug-likeness (QED) is 0.851. The molecule has 1 aromatic carbocycles. The van der Waals surface area contributed by atoms with Gasteiger partial charge >= 0.3 is 0 Å². The van der Waals surface area contributed by atoms with Crippen molar-refractivity contribution >= 4 is 0 Å². The largest absolute Gasteiger partial charge is 0.480 e. The number of nitrogens with one attached hydrogen (secondary N) is 1. The lowest BCUT2D eigenvalue weighted by atomic mass is 10.0. The Kier molecular flexibility index (Phi) is 5.63. The Morgan fingerprint density at radius 3 is 2.81 bits per heavy atom. The Labute approximate surface area is 124 Å². The van der Waals surface area contributed by atoms with E-state index in [0.29, 0.717) is 12.3 Å². The molecular formula is C16H20FN3O. The van der Waals surface area contributed by atoms with Crippen LogP contribution in [0.25, 0.3) is 0 Å². The molecule has 0 bridgehead atoms. The molecule has 2 aromatic rings. The topological polar surface area (TPSA) is 47.0 Å². The first kappa shape index (κ1) is 15.4.